The van der Waals surface area contributed by atoms with E-state index in [2.05, 4.69) is 47.1 Å². The minimum atomic E-state index is -3.62. The summed E-state index contributed by atoms with van der Waals surface area (Å²) >= 11 is 0. The molecule has 0 bridgehead atoms. The van der Waals surface area contributed by atoms with E-state index in [4.69, 9.17) is 4.52 Å². The topological polar surface area (TPSA) is 79.5 Å². The molecule has 0 N–H and O–H groups in total. The normalized spacial score (nSPS) is 15.5. The van der Waals surface area contributed by atoms with Crippen LogP contribution < -0.4 is 4.90 Å². The average Bonchev–Trinajstić information content (AvgIpc) is 3.17. The van der Waals surface area contributed by atoms with E-state index >= 15 is 0 Å². The lowest BCUT2D eigenvalue weighted by molar-refractivity contribution is 0.384. The SMILES string of the molecule is Cc1nc(-c2ccc(C)c(S(=O)(=O)N3CCN(c4cccc(C)c4C)CC3)c2)no1. The number of sulfonamides is 1. The molecule has 1 aromatic heterocycles. The number of anilines is 1. The Bertz CT molecular complexity index is 1180. The molecule has 8 heteroatoms. The van der Waals surface area contributed by atoms with E-state index in [9.17, 15) is 8.42 Å². The van der Waals surface area contributed by atoms with Crippen LogP contribution in [0.3, 0.4) is 0 Å². The van der Waals surface area contributed by atoms with Crippen molar-refractivity contribution in [3.05, 3.63) is 59.0 Å². The molecule has 4 rings (SSSR count). The van der Waals surface area contributed by atoms with Crippen molar-refractivity contribution in [2.45, 2.75) is 32.6 Å². The van der Waals surface area contributed by atoms with Crippen LogP contribution >= 0.6 is 0 Å². The average molecular weight is 427 g/mol. The van der Waals surface area contributed by atoms with E-state index in [1.165, 1.54) is 16.8 Å². The first kappa shape index (κ1) is 20.6. The first-order valence-corrected chi connectivity index (χ1v) is 11.4. The van der Waals surface area contributed by atoms with E-state index < -0.39 is 10.0 Å². The van der Waals surface area contributed by atoms with Crippen LogP contribution in [0.4, 0.5) is 5.69 Å². The molecule has 7 nitrogen and oxygen atoms in total. The van der Waals surface area contributed by atoms with Gasteiger partial charge in [0.15, 0.2) is 0 Å². The van der Waals surface area contributed by atoms with Crippen LogP contribution in [0.5, 0.6) is 0 Å². The molecule has 3 aromatic rings. The molecule has 1 fully saturated rings. The molecule has 1 aliphatic heterocycles. The van der Waals surface area contributed by atoms with Gasteiger partial charge in [-0.3, -0.25) is 0 Å². The Morgan fingerprint density at radius 2 is 1.67 bits per heavy atom. The fourth-order valence-electron chi connectivity index (χ4n) is 3.82. The fourth-order valence-corrected chi connectivity index (χ4v) is 5.49. The molecule has 2 heterocycles. The highest BCUT2D eigenvalue weighted by Crippen LogP contribution is 2.28. The van der Waals surface area contributed by atoms with Gasteiger partial charge >= 0.3 is 0 Å². The van der Waals surface area contributed by atoms with Gasteiger partial charge in [-0.15, -0.1) is 0 Å². The highest BCUT2D eigenvalue weighted by Gasteiger charge is 2.30. The molecule has 0 saturated carbocycles. The summed E-state index contributed by atoms with van der Waals surface area (Å²) in [6, 6.07) is 11.5. The van der Waals surface area contributed by atoms with Gasteiger partial charge in [0.1, 0.15) is 0 Å². The van der Waals surface area contributed by atoms with E-state index in [-0.39, 0.29) is 0 Å². The number of piperazine rings is 1. The summed E-state index contributed by atoms with van der Waals surface area (Å²) in [7, 11) is -3.62. The largest absolute Gasteiger partial charge is 0.369 e. The number of aromatic nitrogens is 2. The van der Waals surface area contributed by atoms with Crippen LogP contribution in [0.25, 0.3) is 11.4 Å². The lowest BCUT2D eigenvalue weighted by atomic mass is 10.1. The Hall–Kier alpha value is -2.71. The van der Waals surface area contributed by atoms with Gasteiger partial charge in [-0.2, -0.15) is 9.29 Å². The van der Waals surface area contributed by atoms with Gasteiger partial charge in [0.2, 0.25) is 21.7 Å². The first-order valence-electron chi connectivity index (χ1n) is 10.00. The van der Waals surface area contributed by atoms with Crippen LogP contribution in [0.1, 0.15) is 22.6 Å². The smallest absolute Gasteiger partial charge is 0.243 e. The lowest BCUT2D eigenvalue weighted by Gasteiger charge is -2.36. The van der Waals surface area contributed by atoms with Crippen LogP contribution in [-0.2, 0) is 10.0 Å². The van der Waals surface area contributed by atoms with E-state index in [1.54, 1.807) is 23.4 Å². The molecule has 0 unspecified atom stereocenters. The summed E-state index contributed by atoms with van der Waals surface area (Å²) in [5.74, 6) is 0.834. The van der Waals surface area contributed by atoms with E-state index in [0.717, 1.165) is 0 Å². The van der Waals surface area contributed by atoms with Crippen LogP contribution in [0.15, 0.2) is 45.8 Å². The summed E-state index contributed by atoms with van der Waals surface area (Å²) in [4.78, 5) is 6.77. The summed E-state index contributed by atoms with van der Waals surface area (Å²) < 4.78 is 33.4. The van der Waals surface area contributed by atoms with Crippen molar-refractivity contribution >= 4 is 15.7 Å². The predicted octanol–water partition coefficient (Wildman–Crippen LogP) is 3.48. The molecule has 2 aromatic carbocycles. The molecule has 1 aliphatic rings. The van der Waals surface area contributed by atoms with Gasteiger partial charge < -0.3 is 9.42 Å². The summed E-state index contributed by atoms with van der Waals surface area (Å²) in [6.07, 6.45) is 0. The zero-order chi connectivity index (χ0) is 21.5. The third kappa shape index (κ3) is 3.73. The molecule has 0 spiro atoms. The maximum absolute atomic E-state index is 13.4. The summed E-state index contributed by atoms with van der Waals surface area (Å²) in [6.45, 7) is 9.94. The molecule has 0 aliphatic carbocycles. The van der Waals surface area contributed by atoms with Gasteiger partial charge in [0, 0.05) is 44.4 Å². The van der Waals surface area contributed by atoms with Gasteiger partial charge in [0.25, 0.3) is 0 Å². The zero-order valence-electron chi connectivity index (χ0n) is 17.7. The minimum Gasteiger partial charge on any atom is -0.369 e. The zero-order valence-corrected chi connectivity index (χ0v) is 18.5. The second kappa shape index (κ2) is 7.85. The maximum Gasteiger partial charge on any atom is 0.243 e. The maximum atomic E-state index is 13.4. The molecule has 1 saturated heterocycles. The number of hydrogen-bond acceptors (Lipinski definition) is 6. The summed E-state index contributed by atoms with van der Waals surface area (Å²) in [5, 5.41) is 3.91. The molecular weight excluding hydrogens is 400 g/mol. The van der Waals surface area contributed by atoms with Crippen molar-refractivity contribution < 1.29 is 12.9 Å². The van der Waals surface area contributed by atoms with Crippen molar-refractivity contribution in [1.29, 1.82) is 0 Å². The van der Waals surface area contributed by atoms with E-state index in [1.807, 2.05) is 13.0 Å². The predicted molar refractivity (Wildman–Crippen MR) is 116 cm³/mol. The van der Waals surface area contributed by atoms with Gasteiger partial charge in [-0.05, 0) is 49.6 Å². The molecule has 0 amide bonds. The van der Waals surface area contributed by atoms with Crippen LogP contribution in [0.2, 0.25) is 0 Å². The second-order valence-electron chi connectivity index (χ2n) is 7.73. The highest BCUT2D eigenvalue weighted by molar-refractivity contribution is 7.89. The number of rotatable bonds is 4. The first-order chi connectivity index (χ1) is 14.3. The quantitative estimate of drug-likeness (QED) is 0.635. The third-order valence-corrected chi connectivity index (χ3v) is 7.79. The third-order valence-electron chi connectivity index (χ3n) is 5.75. The molecular formula is C22H26N4O3S. The van der Waals surface area contributed by atoms with Gasteiger partial charge in [-0.25, -0.2) is 8.42 Å². The van der Waals surface area contributed by atoms with E-state index in [0.29, 0.717) is 53.9 Å². The van der Waals surface area contributed by atoms with Crippen molar-refractivity contribution in [2.75, 3.05) is 31.1 Å². The minimum absolute atomic E-state index is 0.294. The van der Waals surface area contributed by atoms with Crippen molar-refractivity contribution in [3.63, 3.8) is 0 Å². The molecule has 0 atom stereocenters. The number of benzene rings is 2. The molecule has 0 radical (unpaired) electrons. The Kier molecular flexibility index (Phi) is 5.38. The standard InChI is InChI=1S/C22H26N4O3S/c1-15-6-5-7-20(17(15)3)25-10-12-26(13-11-25)30(27,28)21-14-19(9-8-16(21)2)22-23-18(4)29-24-22/h5-9,14H,10-13H2,1-4H3. The van der Waals surface area contributed by atoms with Gasteiger partial charge in [0.05, 0.1) is 4.90 Å². The number of aryl methyl sites for hydroxylation is 3. The Morgan fingerprint density at radius 3 is 2.33 bits per heavy atom. The van der Waals surface area contributed by atoms with Crippen molar-refractivity contribution in [1.82, 2.24) is 14.4 Å². The summed E-state index contributed by atoms with van der Waals surface area (Å²) in [5.41, 5.74) is 5.00. The Balaban J connectivity index is 1.57. The van der Waals surface area contributed by atoms with Gasteiger partial charge in [-0.1, -0.05) is 29.4 Å². The molecule has 158 valence electrons. The second-order valence-corrected chi connectivity index (χ2v) is 9.63. The monoisotopic (exact) mass is 426 g/mol. The number of hydrogen-bond donors (Lipinski definition) is 0. The van der Waals surface area contributed by atoms with Crippen molar-refractivity contribution in [2.24, 2.45) is 0 Å². The Labute approximate surface area is 177 Å². The van der Waals surface area contributed by atoms with Crippen LogP contribution in [0, 0.1) is 27.7 Å². The fraction of sp³-hybridized carbons (Fsp3) is 0.364. The number of nitrogens with zero attached hydrogens (tertiary/aromatic N) is 4. The lowest BCUT2D eigenvalue weighted by Crippen LogP contribution is -2.49. The Morgan fingerprint density at radius 1 is 0.933 bits per heavy atom. The van der Waals surface area contributed by atoms with Crippen LogP contribution in [-0.4, -0.2) is 49.0 Å². The van der Waals surface area contributed by atoms with Crippen molar-refractivity contribution in [3.8, 4) is 11.4 Å². The highest BCUT2D eigenvalue weighted by atomic mass is 32.2. The molecule has 30 heavy (non-hydrogen) atoms.